The number of ether oxygens (including phenoxy) is 1. The van der Waals surface area contributed by atoms with Crippen molar-refractivity contribution in [3.63, 3.8) is 0 Å². The molecule has 10 heteroatoms. The van der Waals surface area contributed by atoms with Gasteiger partial charge < -0.3 is 9.84 Å². The van der Waals surface area contributed by atoms with Crippen molar-refractivity contribution in [1.29, 1.82) is 0 Å². The molecule has 0 bridgehead atoms. The Hall–Kier alpha value is -4.10. The second-order valence-corrected chi connectivity index (χ2v) is 8.79. The number of aromatic nitrogens is 1. The van der Waals surface area contributed by atoms with Gasteiger partial charge in [-0.1, -0.05) is 31.8 Å². The third kappa shape index (κ3) is 6.31. The molecule has 6 nitrogen and oxygen atoms in total. The van der Waals surface area contributed by atoms with Crippen molar-refractivity contribution in [2.45, 2.75) is 20.3 Å². The molecular formula is C26H21F3N2O4S. The Bertz CT molecular complexity index is 1380. The predicted molar refractivity (Wildman–Crippen MR) is 131 cm³/mol. The van der Waals surface area contributed by atoms with Crippen LogP contribution in [-0.4, -0.2) is 29.1 Å². The maximum Gasteiger partial charge on any atom is 0.371 e. The molecule has 0 saturated carbocycles. The average Bonchev–Trinajstić information content (AvgIpc) is 3.27. The highest BCUT2D eigenvalue weighted by molar-refractivity contribution is 7.14. The summed E-state index contributed by atoms with van der Waals surface area (Å²) in [4.78, 5) is 27.8. The number of carbonyl (C=O) groups excluding carboxylic acids is 1. The summed E-state index contributed by atoms with van der Waals surface area (Å²) in [6.45, 7) is 4.02. The van der Waals surface area contributed by atoms with Gasteiger partial charge in [-0.2, -0.15) is 0 Å². The summed E-state index contributed by atoms with van der Waals surface area (Å²) in [6.07, 6.45) is 1.31. The first-order valence-corrected chi connectivity index (χ1v) is 11.5. The van der Waals surface area contributed by atoms with Gasteiger partial charge in [0.2, 0.25) is 5.76 Å². The van der Waals surface area contributed by atoms with Crippen molar-refractivity contribution in [2.75, 3.05) is 12.4 Å². The molecule has 0 unspecified atom stereocenters. The zero-order chi connectivity index (χ0) is 26.4. The van der Waals surface area contributed by atoms with Crippen LogP contribution in [0.25, 0.3) is 17.3 Å². The van der Waals surface area contributed by atoms with Crippen LogP contribution in [0.2, 0.25) is 0 Å². The average molecular weight is 515 g/mol. The largest absolute Gasteiger partial charge is 0.490 e. The Balaban J connectivity index is 1.82. The van der Waals surface area contributed by atoms with Gasteiger partial charge in [-0.25, -0.2) is 22.9 Å². The highest BCUT2D eigenvalue weighted by Gasteiger charge is 2.19. The molecule has 2 aromatic carbocycles. The molecule has 0 saturated heterocycles. The first-order valence-electron chi connectivity index (χ1n) is 10.6. The van der Waals surface area contributed by atoms with Crippen LogP contribution in [0.4, 0.5) is 18.3 Å². The first kappa shape index (κ1) is 26.5. The molecule has 1 aromatic heterocycles. The second-order valence-electron chi connectivity index (χ2n) is 7.93. The van der Waals surface area contributed by atoms with E-state index in [-0.39, 0.29) is 27.5 Å². The number of aliphatic carboxylic acids is 1. The predicted octanol–water partition coefficient (Wildman–Crippen LogP) is 5.95. The molecule has 0 atom stereocenters. The molecule has 0 aliphatic rings. The van der Waals surface area contributed by atoms with Gasteiger partial charge in [0, 0.05) is 34.6 Å². The monoisotopic (exact) mass is 514 g/mol. The molecule has 2 N–H and O–H groups in total. The summed E-state index contributed by atoms with van der Waals surface area (Å²) < 4.78 is 48.4. The van der Waals surface area contributed by atoms with Gasteiger partial charge in [0.25, 0.3) is 5.91 Å². The van der Waals surface area contributed by atoms with E-state index in [1.165, 1.54) is 11.4 Å². The third-order valence-corrected chi connectivity index (χ3v) is 5.54. The summed E-state index contributed by atoms with van der Waals surface area (Å²) in [5, 5.41) is 13.0. The zero-order valence-electron chi connectivity index (χ0n) is 19.5. The van der Waals surface area contributed by atoms with E-state index < -0.39 is 40.7 Å². The number of anilines is 1. The maximum absolute atomic E-state index is 15.0. The normalized spacial score (nSPS) is 11.1. The molecule has 0 aliphatic carbocycles. The minimum Gasteiger partial charge on any atom is -0.490 e. The van der Waals surface area contributed by atoms with Crippen molar-refractivity contribution < 1.29 is 32.6 Å². The Morgan fingerprint density at radius 2 is 1.92 bits per heavy atom. The number of benzene rings is 2. The Labute approximate surface area is 209 Å². The van der Waals surface area contributed by atoms with Gasteiger partial charge in [0.1, 0.15) is 17.5 Å². The highest BCUT2D eigenvalue weighted by atomic mass is 32.1. The lowest BCUT2D eigenvalue weighted by molar-refractivity contribution is -0.135. The number of nitrogens with one attached hydrogen (secondary N) is 1. The number of carboxylic acids is 1. The molecule has 1 amide bonds. The van der Waals surface area contributed by atoms with Crippen LogP contribution in [0.15, 0.2) is 41.5 Å². The van der Waals surface area contributed by atoms with Gasteiger partial charge in [0.05, 0.1) is 18.4 Å². The van der Waals surface area contributed by atoms with Crippen LogP contribution >= 0.6 is 11.3 Å². The number of hydrogen-bond acceptors (Lipinski definition) is 5. The van der Waals surface area contributed by atoms with Crippen molar-refractivity contribution in [3.05, 3.63) is 75.6 Å². The molecule has 0 fully saturated rings. The van der Waals surface area contributed by atoms with E-state index >= 15 is 0 Å². The number of methoxy groups -OCH3 is 1. The molecule has 0 radical (unpaired) electrons. The Morgan fingerprint density at radius 1 is 1.22 bits per heavy atom. The summed E-state index contributed by atoms with van der Waals surface area (Å²) in [7, 11) is 1.04. The van der Waals surface area contributed by atoms with Crippen LogP contribution in [0, 0.1) is 35.2 Å². The van der Waals surface area contributed by atoms with E-state index in [1.807, 2.05) is 13.8 Å². The number of carboxylic acid groups (broad SMARTS) is 1. The number of halogens is 3. The van der Waals surface area contributed by atoms with Crippen LogP contribution in [0.1, 0.15) is 41.8 Å². The molecule has 3 aromatic rings. The van der Waals surface area contributed by atoms with E-state index in [2.05, 4.69) is 26.9 Å². The van der Waals surface area contributed by atoms with Gasteiger partial charge in [-0.3, -0.25) is 10.1 Å². The number of thiazole rings is 1. The first-order chi connectivity index (χ1) is 17.1. The lowest BCUT2D eigenvalue weighted by atomic mass is 10.1. The smallest absolute Gasteiger partial charge is 0.371 e. The molecule has 36 heavy (non-hydrogen) atoms. The van der Waals surface area contributed by atoms with E-state index in [4.69, 9.17) is 5.11 Å². The lowest BCUT2D eigenvalue weighted by Crippen LogP contribution is -2.13. The van der Waals surface area contributed by atoms with Gasteiger partial charge in [-0.05, 0) is 30.2 Å². The molecule has 3 rings (SSSR count). The maximum atomic E-state index is 15.0. The SMILES string of the molecule is COC(=Cc1c(F)cc(C(=O)Nc2nc(-c3cccc(C#CCC(C)C)c3F)cs2)cc1F)C(=O)O. The van der Waals surface area contributed by atoms with Crippen molar-refractivity contribution >= 4 is 34.4 Å². The second kappa shape index (κ2) is 11.6. The van der Waals surface area contributed by atoms with E-state index in [0.29, 0.717) is 18.4 Å². The van der Waals surface area contributed by atoms with E-state index in [9.17, 15) is 22.8 Å². The Kier molecular flexibility index (Phi) is 8.51. The van der Waals surface area contributed by atoms with Gasteiger partial charge in [0.15, 0.2) is 5.13 Å². The number of amides is 1. The summed E-state index contributed by atoms with van der Waals surface area (Å²) in [5.41, 5.74) is -0.343. The van der Waals surface area contributed by atoms with Crippen LogP contribution in [-0.2, 0) is 9.53 Å². The summed E-state index contributed by atoms with van der Waals surface area (Å²) in [6, 6.07) is 6.26. The van der Waals surface area contributed by atoms with Gasteiger partial charge >= 0.3 is 5.97 Å². The zero-order valence-corrected chi connectivity index (χ0v) is 20.3. The summed E-state index contributed by atoms with van der Waals surface area (Å²) >= 11 is 1.01. The highest BCUT2D eigenvalue weighted by Crippen LogP contribution is 2.29. The minimum atomic E-state index is -1.51. The van der Waals surface area contributed by atoms with E-state index in [0.717, 1.165) is 30.6 Å². The van der Waals surface area contributed by atoms with Crippen LogP contribution < -0.4 is 5.32 Å². The molecule has 1 heterocycles. The minimum absolute atomic E-state index is 0.0861. The number of hydrogen-bond donors (Lipinski definition) is 2. The Morgan fingerprint density at radius 3 is 2.53 bits per heavy atom. The van der Waals surface area contributed by atoms with Crippen molar-refractivity contribution in [2.24, 2.45) is 5.92 Å². The topological polar surface area (TPSA) is 88.5 Å². The number of carbonyl (C=O) groups is 2. The van der Waals surface area contributed by atoms with Crippen molar-refractivity contribution in [1.82, 2.24) is 4.98 Å². The summed E-state index contributed by atoms with van der Waals surface area (Å²) in [5.74, 6) is 0.204. The molecule has 0 spiro atoms. The van der Waals surface area contributed by atoms with Crippen LogP contribution in [0.3, 0.4) is 0 Å². The van der Waals surface area contributed by atoms with Crippen molar-refractivity contribution in [3.8, 4) is 23.1 Å². The molecule has 0 aliphatic heterocycles. The number of rotatable bonds is 7. The molecule has 186 valence electrons. The quantitative estimate of drug-likeness (QED) is 0.231. The van der Waals surface area contributed by atoms with Gasteiger partial charge in [-0.15, -0.1) is 11.3 Å². The van der Waals surface area contributed by atoms with E-state index in [1.54, 1.807) is 12.1 Å². The fourth-order valence-corrected chi connectivity index (χ4v) is 3.70. The fraction of sp³-hybridized carbons (Fsp3) is 0.192. The lowest BCUT2D eigenvalue weighted by Gasteiger charge is -2.07. The third-order valence-electron chi connectivity index (χ3n) is 4.78. The number of nitrogens with zero attached hydrogens (tertiary/aromatic N) is 1. The molecular weight excluding hydrogens is 493 g/mol. The van der Waals surface area contributed by atoms with Crippen LogP contribution in [0.5, 0.6) is 0 Å². The fourth-order valence-electron chi connectivity index (χ4n) is 2.99. The standard InChI is InChI=1S/C26H21F3N2O4S/c1-14(2)6-4-7-15-8-5-9-17(23(15)29)21-13-36-26(30-21)31-24(32)16-10-19(27)18(20(28)11-16)12-22(35-3)25(33)34/h5,8-14H,6H2,1-3H3,(H,33,34)(H,30,31,32).